The summed E-state index contributed by atoms with van der Waals surface area (Å²) in [6, 6.07) is 4.93. The molecule has 0 radical (unpaired) electrons. The van der Waals surface area contributed by atoms with Gasteiger partial charge in [-0.05, 0) is 47.7 Å². The second-order valence-electron chi connectivity index (χ2n) is 4.37. The quantitative estimate of drug-likeness (QED) is 0.717. The van der Waals surface area contributed by atoms with Crippen molar-refractivity contribution in [1.82, 2.24) is 5.32 Å². The van der Waals surface area contributed by atoms with E-state index in [0.29, 0.717) is 14.9 Å². The number of rotatable bonds is 6. The zero-order chi connectivity index (χ0) is 15.3. The number of hydrogen-bond donors (Lipinski definition) is 2. The molecule has 1 amide bonds. The molecule has 6 nitrogen and oxygen atoms in total. The van der Waals surface area contributed by atoms with Gasteiger partial charge in [0.15, 0.2) is 5.54 Å². The van der Waals surface area contributed by atoms with Crippen molar-refractivity contribution in [2.24, 2.45) is 0 Å². The Balaban J connectivity index is 2.98. The molecule has 1 rings (SSSR count). The van der Waals surface area contributed by atoms with Crippen LogP contribution < -0.4 is 10.1 Å². The van der Waals surface area contributed by atoms with Crippen LogP contribution in [-0.2, 0) is 9.53 Å². The number of carbonyl (C=O) groups is 2. The summed E-state index contributed by atoms with van der Waals surface area (Å²) in [7, 11) is 2.91. The number of carbonyl (C=O) groups excluding carboxylic acids is 1. The van der Waals surface area contributed by atoms with Crippen LogP contribution in [0, 0.1) is 3.57 Å². The topological polar surface area (TPSA) is 84.9 Å². The molecule has 0 aliphatic carbocycles. The largest absolute Gasteiger partial charge is 0.497 e. The summed E-state index contributed by atoms with van der Waals surface area (Å²) in [6.45, 7) is 1.27. The molecule has 1 unspecified atom stereocenters. The summed E-state index contributed by atoms with van der Waals surface area (Å²) in [4.78, 5) is 23.4. The number of carboxylic acids is 1. The Labute approximate surface area is 130 Å². The Morgan fingerprint density at radius 1 is 1.40 bits per heavy atom. The standard InChI is InChI=1S/C13H16INO5/c1-13(7-19-2,12(17)18)15-11(16)9-5-4-8(20-3)6-10(9)14/h4-6H,7H2,1-3H3,(H,15,16)(H,17,18). The average molecular weight is 393 g/mol. The first-order valence-electron chi connectivity index (χ1n) is 5.72. The summed E-state index contributed by atoms with van der Waals surface area (Å²) < 4.78 is 10.6. The molecule has 0 aromatic heterocycles. The molecule has 0 aliphatic heterocycles. The van der Waals surface area contributed by atoms with Gasteiger partial charge in [-0.15, -0.1) is 0 Å². The first kappa shape index (κ1) is 16.7. The molecule has 1 aromatic carbocycles. The van der Waals surface area contributed by atoms with Gasteiger partial charge in [0.2, 0.25) is 0 Å². The van der Waals surface area contributed by atoms with Crippen molar-refractivity contribution in [3.63, 3.8) is 0 Å². The average Bonchev–Trinajstić information content (AvgIpc) is 2.38. The van der Waals surface area contributed by atoms with Crippen LogP contribution in [0.3, 0.4) is 0 Å². The lowest BCUT2D eigenvalue weighted by molar-refractivity contribution is -0.145. The maximum atomic E-state index is 12.2. The van der Waals surface area contributed by atoms with Crippen LogP contribution in [0.15, 0.2) is 18.2 Å². The van der Waals surface area contributed by atoms with E-state index in [2.05, 4.69) is 5.32 Å². The number of methoxy groups -OCH3 is 2. The number of halogens is 1. The molecule has 7 heteroatoms. The van der Waals surface area contributed by atoms with Gasteiger partial charge in [0.1, 0.15) is 5.75 Å². The fraction of sp³-hybridized carbons (Fsp3) is 0.385. The van der Waals surface area contributed by atoms with Crippen molar-refractivity contribution >= 4 is 34.5 Å². The molecule has 2 N–H and O–H groups in total. The number of amides is 1. The molecular weight excluding hydrogens is 377 g/mol. The van der Waals surface area contributed by atoms with E-state index in [9.17, 15) is 14.7 Å². The molecule has 0 spiro atoms. The van der Waals surface area contributed by atoms with Crippen molar-refractivity contribution in [1.29, 1.82) is 0 Å². The van der Waals surface area contributed by atoms with E-state index in [0.717, 1.165) is 0 Å². The number of aliphatic carboxylic acids is 1. The van der Waals surface area contributed by atoms with Crippen molar-refractivity contribution in [2.75, 3.05) is 20.8 Å². The lowest BCUT2D eigenvalue weighted by atomic mass is 10.0. The third-order valence-corrected chi connectivity index (χ3v) is 3.61. The minimum Gasteiger partial charge on any atom is -0.497 e. The molecule has 0 saturated heterocycles. The first-order valence-corrected chi connectivity index (χ1v) is 6.80. The summed E-state index contributed by atoms with van der Waals surface area (Å²) in [5.41, 5.74) is -1.09. The molecule has 20 heavy (non-hydrogen) atoms. The van der Waals surface area contributed by atoms with Crippen molar-refractivity contribution in [3.05, 3.63) is 27.3 Å². The number of hydrogen-bond acceptors (Lipinski definition) is 4. The molecule has 0 saturated carbocycles. The Bertz CT molecular complexity index is 519. The summed E-state index contributed by atoms with van der Waals surface area (Å²) in [6.07, 6.45) is 0. The molecular formula is C13H16INO5. The minimum absolute atomic E-state index is 0.124. The molecule has 110 valence electrons. The Morgan fingerprint density at radius 3 is 2.50 bits per heavy atom. The number of ether oxygens (including phenoxy) is 2. The highest BCUT2D eigenvalue weighted by atomic mass is 127. The van der Waals surface area contributed by atoms with E-state index in [4.69, 9.17) is 9.47 Å². The fourth-order valence-electron chi connectivity index (χ4n) is 1.56. The summed E-state index contributed by atoms with van der Waals surface area (Å²) in [5, 5.41) is 11.7. The molecule has 0 aliphatic rings. The SMILES string of the molecule is COCC(C)(NC(=O)c1ccc(OC)cc1I)C(=O)O. The number of benzene rings is 1. The molecule has 0 heterocycles. The van der Waals surface area contributed by atoms with Gasteiger partial charge in [-0.3, -0.25) is 4.79 Å². The van der Waals surface area contributed by atoms with Crippen LogP contribution in [0.4, 0.5) is 0 Å². The van der Waals surface area contributed by atoms with E-state index >= 15 is 0 Å². The fourth-order valence-corrected chi connectivity index (χ4v) is 2.30. The smallest absolute Gasteiger partial charge is 0.331 e. The third kappa shape index (κ3) is 3.83. The molecule has 1 atom stereocenters. The van der Waals surface area contributed by atoms with Crippen LogP contribution in [0.1, 0.15) is 17.3 Å². The first-order chi connectivity index (χ1) is 9.34. The molecule has 1 aromatic rings. The van der Waals surface area contributed by atoms with Gasteiger partial charge >= 0.3 is 5.97 Å². The van der Waals surface area contributed by atoms with E-state index in [1.807, 2.05) is 22.6 Å². The lowest BCUT2D eigenvalue weighted by Crippen LogP contribution is -2.55. The monoisotopic (exact) mass is 393 g/mol. The van der Waals surface area contributed by atoms with E-state index in [1.54, 1.807) is 18.2 Å². The second kappa shape index (κ2) is 6.89. The number of carboxylic acid groups (broad SMARTS) is 1. The van der Waals surface area contributed by atoms with Crippen LogP contribution in [0.5, 0.6) is 5.75 Å². The molecule has 0 bridgehead atoms. The number of nitrogens with one attached hydrogen (secondary N) is 1. The molecule has 0 fully saturated rings. The Kier molecular flexibility index (Phi) is 5.75. The van der Waals surface area contributed by atoms with Crippen LogP contribution in [0.25, 0.3) is 0 Å². The van der Waals surface area contributed by atoms with E-state index in [-0.39, 0.29) is 6.61 Å². The summed E-state index contributed by atoms with van der Waals surface area (Å²) >= 11 is 2.00. The van der Waals surface area contributed by atoms with Crippen LogP contribution in [0.2, 0.25) is 0 Å². The van der Waals surface area contributed by atoms with Gasteiger partial charge in [0, 0.05) is 10.7 Å². The minimum atomic E-state index is -1.48. The second-order valence-corrected chi connectivity index (χ2v) is 5.53. The van der Waals surface area contributed by atoms with Gasteiger partial charge in [0.25, 0.3) is 5.91 Å². The van der Waals surface area contributed by atoms with Gasteiger partial charge in [0.05, 0.1) is 19.3 Å². The van der Waals surface area contributed by atoms with Crippen molar-refractivity contribution in [2.45, 2.75) is 12.5 Å². The Morgan fingerprint density at radius 2 is 2.05 bits per heavy atom. The van der Waals surface area contributed by atoms with E-state index < -0.39 is 17.4 Å². The van der Waals surface area contributed by atoms with Gasteiger partial charge in [-0.1, -0.05) is 0 Å². The highest BCUT2D eigenvalue weighted by Gasteiger charge is 2.35. The zero-order valence-electron chi connectivity index (χ0n) is 11.4. The zero-order valence-corrected chi connectivity index (χ0v) is 13.6. The normalized spacial score (nSPS) is 13.4. The maximum absolute atomic E-state index is 12.2. The maximum Gasteiger partial charge on any atom is 0.331 e. The lowest BCUT2D eigenvalue weighted by Gasteiger charge is -2.25. The van der Waals surface area contributed by atoms with Crippen LogP contribution >= 0.6 is 22.6 Å². The predicted octanol–water partition coefficient (Wildman–Crippen LogP) is 1.52. The predicted molar refractivity (Wildman–Crippen MR) is 81.1 cm³/mol. The van der Waals surface area contributed by atoms with Crippen LogP contribution in [-0.4, -0.2) is 43.3 Å². The van der Waals surface area contributed by atoms with Crippen molar-refractivity contribution < 1.29 is 24.2 Å². The van der Waals surface area contributed by atoms with Crippen molar-refractivity contribution in [3.8, 4) is 5.75 Å². The van der Waals surface area contributed by atoms with Gasteiger partial charge < -0.3 is 19.9 Å². The van der Waals surface area contributed by atoms with Gasteiger partial charge in [-0.25, -0.2) is 4.79 Å². The summed E-state index contributed by atoms with van der Waals surface area (Å²) in [5.74, 6) is -1.00. The van der Waals surface area contributed by atoms with E-state index in [1.165, 1.54) is 21.1 Å². The third-order valence-electron chi connectivity index (χ3n) is 2.72. The highest BCUT2D eigenvalue weighted by molar-refractivity contribution is 14.1. The highest BCUT2D eigenvalue weighted by Crippen LogP contribution is 2.20. The Hall–Kier alpha value is -1.35. The van der Waals surface area contributed by atoms with Gasteiger partial charge in [-0.2, -0.15) is 0 Å².